The number of anilines is 1. The zero-order chi connectivity index (χ0) is 18.1. The van der Waals surface area contributed by atoms with Crippen LogP contribution in [0.15, 0.2) is 12.1 Å². The molecule has 0 spiro atoms. The van der Waals surface area contributed by atoms with Gasteiger partial charge in [-0.15, -0.1) is 0 Å². The Balaban J connectivity index is 2.78. The molecule has 0 aliphatic heterocycles. The predicted molar refractivity (Wildman–Crippen MR) is 98.0 cm³/mol. The van der Waals surface area contributed by atoms with Crippen LogP contribution in [0.3, 0.4) is 0 Å². The van der Waals surface area contributed by atoms with E-state index in [4.69, 9.17) is 16.3 Å². The standard InChI is InChI=1S/C18H27ClN2O3/c1-5-6-7-8-9-12(2)20-18(23)14-10-15(19)16(21-13(3)22)11-17(14)24-4/h10-12H,5-9H2,1-4H3,(H,20,23)(H,21,22). The molecule has 1 aromatic rings. The zero-order valence-corrected chi connectivity index (χ0v) is 15.6. The SMILES string of the molecule is CCCCCCC(C)NC(=O)c1cc(Cl)c(NC(C)=O)cc1OC. The van der Waals surface area contributed by atoms with Gasteiger partial charge < -0.3 is 15.4 Å². The fraction of sp³-hybridized carbons (Fsp3) is 0.556. The monoisotopic (exact) mass is 354 g/mol. The molecule has 5 nitrogen and oxygen atoms in total. The van der Waals surface area contributed by atoms with E-state index in [9.17, 15) is 9.59 Å². The van der Waals surface area contributed by atoms with E-state index in [0.717, 1.165) is 12.8 Å². The van der Waals surface area contributed by atoms with E-state index in [-0.39, 0.29) is 17.9 Å². The third kappa shape index (κ3) is 6.40. The highest BCUT2D eigenvalue weighted by Gasteiger charge is 2.18. The quantitative estimate of drug-likeness (QED) is 0.646. The molecule has 134 valence electrons. The van der Waals surface area contributed by atoms with E-state index < -0.39 is 0 Å². The van der Waals surface area contributed by atoms with Gasteiger partial charge in [0.1, 0.15) is 5.75 Å². The van der Waals surface area contributed by atoms with Gasteiger partial charge in [-0.1, -0.05) is 44.2 Å². The molecule has 1 atom stereocenters. The van der Waals surface area contributed by atoms with E-state index >= 15 is 0 Å². The van der Waals surface area contributed by atoms with Crippen LogP contribution in [-0.4, -0.2) is 25.0 Å². The Hall–Kier alpha value is -1.75. The van der Waals surface area contributed by atoms with Crippen molar-refractivity contribution >= 4 is 29.1 Å². The molecule has 0 aliphatic carbocycles. The lowest BCUT2D eigenvalue weighted by Gasteiger charge is -2.16. The molecule has 1 rings (SSSR count). The number of nitrogens with one attached hydrogen (secondary N) is 2. The lowest BCUT2D eigenvalue weighted by Crippen LogP contribution is -2.32. The minimum Gasteiger partial charge on any atom is -0.496 e. The number of methoxy groups -OCH3 is 1. The number of benzene rings is 1. The van der Waals surface area contributed by atoms with Gasteiger partial charge in [-0.05, 0) is 19.4 Å². The smallest absolute Gasteiger partial charge is 0.255 e. The van der Waals surface area contributed by atoms with Gasteiger partial charge >= 0.3 is 0 Å². The Morgan fingerprint density at radius 1 is 1.25 bits per heavy atom. The Labute approximate surface area is 149 Å². The second-order valence-electron chi connectivity index (χ2n) is 5.94. The summed E-state index contributed by atoms with van der Waals surface area (Å²) in [7, 11) is 1.48. The number of carbonyl (C=O) groups excluding carboxylic acids is 2. The maximum Gasteiger partial charge on any atom is 0.255 e. The molecule has 0 radical (unpaired) electrons. The molecule has 0 saturated carbocycles. The summed E-state index contributed by atoms with van der Waals surface area (Å²) in [6.45, 7) is 5.55. The lowest BCUT2D eigenvalue weighted by molar-refractivity contribution is -0.114. The molecule has 24 heavy (non-hydrogen) atoms. The summed E-state index contributed by atoms with van der Waals surface area (Å²) in [4.78, 5) is 23.7. The first-order valence-corrected chi connectivity index (χ1v) is 8.72. The molecule has 2 N–H and O–H groups in total. The Morgan fingerprint density at radius 3 is 2.54 bits per heavy atom. The van der Waals surface area contributed by atoms with Crippen LogP contribution in [0.5, 0.6) is 5.75 Å². The van der Waals surface area contributed by atoms with E-state index in [2.05, 4.69) is 17.6 Å². The molecule has 0 aromatic heterocycles. The molecule has 1 unspecified atom stereocenters. The molecule has 0 saturated heterocycles. The summed E-state index contributed by atoms with van der Waals surface area (Å²) >= 11 is 6.15. The van der Waals surface area contributed by atoms with Crippen molar-refractivity contribution in [2.75, 3.05) is 12.4 Å². The van der Waals surface area contributed by atoms with Gasteiger partial charge in [-0.3, -0.25) is 9.59 Å². The molecule has 0 bridgehead atoms. The van der Waals surface area contributed by atoms with Gasteiger partial charge in [0.25, 0.3) is 5.91 Å². The van der Waals surface area contributed by atoms with Gasteiger partial charge in [0.2, 0.25) is 5.91 Å². The molecular weight excluding hydrogens is 328 g/mol. The van der Waals surface area contributed by atoms with Crippen molar-refractivity contribution in [3.63, 3.8) is 0 Å². The van der Waals surface area contributed by atoms with Crippen molar-refractivity contribution in [2.45, 2.75) is 58.9 Å². The van der Waals surface area contributed by atoms with Gasteiger partial charge in [0.05, 0.1) is 23.4 Å². The summed E-state index contributed by atoms with van der Waals surface area (Å²) in [6, 6.07) is 3.16. The number of halogens is 1. The number of hydrogen-bond donors (Lipinski definition) is 2. The second kappa shape index (κ2) is 10.2. The Morgan fingerprint density at radius 2 is 1.96 bits per heavy atom. The first-order valence-electron chi connectivity index (χ1n) is 8.35. The second-order valence-corrected chi connectivity index (χ2v) is 6.34. The minimum absolute atomic E-state index is 0.0767. The average molecular weight is 355 g/mol. The van der Waals surface area contributed by atoms with Crippen LogP contribution in [0.2, 0.25) is 5.02 Å². The summed E-state index contributed by atoms with van der Waals surface area (Å²) in [6.07, 6.45) is 5.61. The number of carbonyl (C=O) groups is 2. The third-order valence-electron chi connectivity index (χ3n) is 3.71. The van der Waals surface area contributed by atoms with Crippen molar-refractivity contribution in [3.8, 4) is 5.75 Å². The number of rotatable bonds is 9. The molecule has 1 aromatic carbocycles. The maximum absolute atomic E-state index is 12.5. The van der Waals surface area contributed by atoms with Crippen molar-refractivity contribution in [3.05, 3.63) is 22.7 Å². The summed E-state index contributed by atoms with van der Waals surface area (Å²) in [5, 5.41) is 5.88. The van der Waals surface area contributed by atoms with Crippen molar-refractivity contribution in [2.24, 2.45) is 0 Å². The van der Waals surface area contributed by atoms with E-state index in [1.165, 1.54) is 39.4 Å². The highest BCUT2D eigenvalue weighted by molar-refractivity contribution is 6.34. The van der Waals surface area contributed by atoms with E-state index in [0.29, 0.717) is 22.0 Å². The highest BCUT2D eigenvalue weighted by Crippen LogP contribution is 2.31. The fourth-order valence-electron chi connectivity index (χ4n) is 2.44. The van der Waals surface area contributed by atoms with Gasteiger partial charge in [-0.2, -0.15) is 0 Å². The van der Waals surface area contributed by atoms with Crippen LogP contribution in [0.25, 0.3) is 0 Å². The van der Waals surface area contributed by atoms with Crippen LogP contribution in [0.1, 0.15) is 63.2 Å². The molecule has 0 fully saturated rings. The predicted octanol–water partition coefficient (Wildman–Crippen LogP) is 4.40. The van der Waals surface area contributed by atoms with Crippen LogP contribution in [0.4, 0.5) is 5.69 Å². The van der Waals surface area contributed by atoms with E-state index in [1.807, 2.05) is 6.92 Å². The average Bonchev–Trinajstić information content (AvgIpc) is 2.52. The van der Waals surface area contributed by atoms with Crippen molar-refractivity contribution in [1.82, 2.24) is 5.32 Å². The highest BCUT2D eigenvalue weighted by atomic mass is 35.5. The van der Waals surface area contributed by atoms with Crippen LogP contribution in [-0.2, 0) is 4.79 Å². The van der Waals surface area contributed by atoms with Crippen LogP contribution >= 0.6 is 11.6 Å². The van der Waals surface area contributed by atoms with Crippen molar-refractivity contribution < 1.29 is 14.3 Å². The van der Waals surface area contributed by atoms with Crippen LogP contribution < -0.4 is 15.4 Å². The molecule has 0 heterocycles. The number of unbranched alkanes of at least 4 members (excludes halogenated alkanes) is 3. The largest absolute Gasteiger partial charge is 0.496 e. The number of hydrogen-bond acceptors (Lipinski definition) is 3. The molecule has 6 heteroatoms. The van der Waals surface area contributed by atoms with Gasteiger partial charge in [0.15, 0.2) is 0 Å². The summed E-state index contributed by atoms with van der Waals surface area (Å²) in [5.74, 6) is -0.0956. The number of ether oxygens (including phenoxy) is 1. The zero-order valence-electron chi connectivity index (χ0n) is 14.9. The topological polar surface area (TPSA) is 67.4 Å². The molecular formula is C18H27ClN2O3. The Kier molecular flexibility index (Phi) is 8.61. The summed E-state index contributed by atoms with van der Waals surface area (Å²) in [5.41, 5.74) is 0.780. The minimum atomic E-state index is -0.239. The first kappa shape index (κ1) is 20.3. The molecule has 0 aliphatic rings. The first-order chi connectivity index (χ1) is 11.4. The summed E-state index contributed by atoms with van der Waals surface area (Å²) < 4.78 is 5.27. The lowest BCUT2D eigenvalue weighted by atomic mass is 10.1. The van der Waals surface area contributed by atoms with Gasteiger partial charge in [0, 0.05) is 19.0 Å². The van der Waals surface area contributed by atoms with Gasteiger partial charge in [-0.25, -0.2) is 0 Å². The fourth-order valence-corrected chi connectivity index (χ4v) is 2.65. The van der Waals surface area contributed by atoms with Crippen LogP contribution in [0, 0.1) is 0 Å². The van der Waals surface area contributed by atoms with E-state index in [1.54, 1.807) is 6.07 Å². The molecule has 2 amide bonds. The van der Waals surface area contributed by atoms with Crippen molar-refractivity contribution in [1.29, 1.82) is 0 Å². The third-order valence-corrected chi connectivity index (χ3v) is 4.03. The normalized spacial score (nSPS) is 11.7. The maximum atomic E-state index is 12.5. The number of amides is 2. The Bertz CT molecular complexity index is 576.